The van der Waals surface area contributed by atoms with Crippen LogP contribution in [0.3, 0.4) is 0 Å². The molecule has 0 heterocycles. The fourth-order valence-corrected chi connectivity index (χ4v) is 2.55. The molecular weight excluding hydrogens is 368 g/mol. The number of amides is 1. The van der Waals surface area contributed by atoms with Gasteiger partial charge in [-0.25, -0.2) is 9.18 Å². The summed E-state index contributed by atoms with van der Waals surface area (Å²) in [6.45, 7) is -0.550. The van der Waals surface area contributed by atoms with E-state index in [2.05, 4.69) is 5.32 Å². The van der Waals surface area contributed by atoms with E-state index < -0.39 is 24.3 Å². The number of halogens is 4. The number of ether oxygens (including phenoxy) is 1. The first-order valence-electron chi connectivity index (χ1n) is 6.24. The summed E-state index contributed by atoms with van der Waals surface area (Å²) in [4.78, 5) is 23.5. The molecule has 4 nitrogen and oxygen atoms in total. The van der Waals surface area contributed by atoms with Crippen molar-refractivity contribution in [1.82, 2.24) is 0 Å². The van der Waals surface area contributed by atoms with Gasteiger partial charge in [0.2, 0.25) is 0 Å². The Morgan fingerprint density at radius 1 is 1.04 bits per heavy atom. The average Bonchev–Trinajstić information content (AvgIpc) is 2.49. The molecule has 2 aromatic carbocycles. The molecule has 0 fully saturated rings. The third-order valence-corrected chi connectivity index (χ3v) is 3.50. The Labute approximate surface area is 146 Å². The summed E-state index contributed by atoms with van der Waals surface area (Å²) in [5.74, 6) is -1.87. The number of esters is 1. The highest BCUT2D eigenvalue weighted by Crippen LogP contribution is 2.33. The van der Waals surface area contributed by atoms with Crippen LogP contribution in [0.5, 0.6) is 0 Å². The van der Waals surface area contributed by atoms with Crippen molar-refractivity contribution in [3.05, 3.63) is 62.8 Å². The normalized spacial score (nSPS) is 10.3. The number of hydrogen-bond acceptors (Lipinski definition) is 3. The van der Waals surface area contributed by atoms with Gasteiger partial charge in [0, 0.05) is 5.02 Å². The summed E-state index contributed by atoms with van der Waals surface area (Å²) in [7, 11) is 0. The second-order valence-corrected chi connectivity index (χ2v) is 5.63. The zero-order valence-electron chi connectivity index (χ0n) is 11.4. The molecule has 0 radical (unpaired) electrons. The highest BCUT2D eigenvalue weighted by atomic mass is 35.5. The highest BCUT2D eigenvalue weighted by molar-refractivity contribution is 6.42. The lowest BCUT2D eigenvalue weighted by Gasteiger charge is -2.10. The van der Waals surface area contributed by atoms with Crippen molar-refractivity contribution >= 4 is 52.4 Å². The quantitative estimate of drug-likeness (QED) is 0.795. The van der Waals surface area contributed by atoms with Gasteiger partial charge >= 0.3 is 5.97 Å². The third kappa shape index (κ3) is 4.82. The number of nitrogens with one attached hydrogen (secondary N) is 1. The fourth-order valence-electron chi connectivity index (χ4n) is 1.64. The molecule has 0 atom stereocenters. The van der Waals surface area contributed by atoms with Crippen LogP contribution < -0.4 is 5.32 Å². The van der Waals surface area contributed by atoms with Gasteiger partial charge in [-0.15, -0.1) is 0 Å². The highest BCUT2D eigenvalue weighted by Gasteiger charge is 2.14. The standard InChI is InChI=1S/C15H9Cl3FNO3/c16-9-5-11(17)14(12(18)6-9)20-13(21)7-23-15(22)8-1-3-10(19)4-2-8/h1-6H,7H2,(H,20,21). The Morgan fingerprint density at radius 3 is 2.17 bits per heavy atom. The van der Waals surface area contributed by atoms with E-state index in [4.69, 9.17) is 39.5 Å². The maximum Gasteiger partial charge on any atom is 0.338 e. The summed E-state index contributed by atoms with van der Waals surface area (Å²) < 4.78 is 17.6. The van der Waals surface area contributed by atoms with Gasteiger partial charge in [0.15, 0.2) is 6.61 Å². The van der Waals surface area contributed by atoms with E-state index >= 15 is 0 Å². The van der Waals surface area contributed by atoms with Crippen LogP contribution in [0.15, 0.2) is 36.4 Å². The molecule has 0 aliphatic rings. The predicted molar refractivity (Wildman–Crippen MR) is 86.8 cm³/mol. The molecule has 0 spiro atoms. The van der Waals surface area contributed by atoms with E-state index in [0.29, 0.717) is 5.02 Å². The molecule has 0 saturated heterocycles. The van der Waals surface area contributed by atoms with Gasteiger partial charge in [-0.05, 0) is 36.4 Å². The average molecular weight is 377 g/mol. The van der Waals surface area contributed by atoms with Crippen LogP contribution in [0.4, 0.5) is 10.1 Å². The molecule has 1 amide bonds. The number of benzene rings is 2. The zero-order chi connectivity index (χ0) is 17.0. The van der Waals surface area contributed by atoms with E-state index in [0.717, 1.165) is 12.1 Å². The second kappa shape index (κ2) is 7.64. The Balaban J connectivity index is 1.95. The number of carbonyl (C=O) groups is 2. The van der Waals surface area contributed by atoms with Crippen molar-refractivity contribution in [2.75, 3.05) is 11.9 Å². The van der Waals surface area contributed by atoms with Crippen molar-refractivity contribution in [2.45, 2.75) is 0 Å². The molecule has 2 rings (SSSR count). The molecule has 0 saturated carbocycles. The molecule has 1 N–H and O–H groups in total. The summed E-state index contributed by atoms with van der Waals surface area (Å²) >= 11 is 17.6. The van der Waals surface area contributed by atoms with E-state index in [1.165, 1.54) is 24.3 Å². The van der Waals surface area contributed by atoms with Crippen LogP contribution in [0.2, 0.25) is 15.1 Å². The van der Waals surface area contributed by atoms with Crippen LogP contribution in [-0.4, -0.2) is 18.5 Å². The third-order valence-electron chi connectivity index (χ3n) is 2.69. The largest absolute Gasteiger partial charge is 0.452 e. The molecule has 23 heavy (non-hydrogen) atoms. The lowest BCUT2D eigenvalue weighted by atomic mass is 10.2. The van der Waals surface area contributed by atoms with Gasteiger partial charge in [-0.2, -0.15) is 0 Å². The molecule has 0 bridgehead atoms. The second-order valence-electron chi connectivity index (χ2n) is 4.38. The first-order valence-corrected chi connectivity index (χ1v) is 7.37. The molecule has 0 unspecified atom stereocenters. The smallest absolute Gasteiger partial charge is 0.338 e. The van der Waals surface area contributed by atoms with E-state index in [-0.39, 0.29) is 21.3 Å². The van der Waals surface area contributed by atoms with Gasteiger partial charge in [0.05, 0.1) is 21.3 Å². The molecule has 0 aromatic heterocycles. The van der Waals surface area contributed by atoms with E-state index in [1.807, 2.05) is 0 Å². The van der Waals surface area contributed by atoms with Crippen molar-refractivity contribution in [3.63, 3.8) is 0 Å². The molecule has 8 heteroatoms. The van der Waals surface area contributed by atoms with Gasteiger partial charge in [-0.1, -0.05) is 34.8 Å². The summed E-state index contributed by atoms with van der Waals surface area (Å²) in [6, 6.07) is 7.56. The van der Waals surface area contributed by atoms with Crippen LogP contribution in [0.1, 0.15) is 10.4 Å². The monoisotopic (exact) mass is 375 g/mol. The van der Waals surface area contributed by atoms with Gasteiger partial charge < -0.3 is 10.1 Å². The topological polar surface area (TPSA) is 55.4 Å². The molecule has 0 aliphatic carbocycles. The van der Waals surface area contributed by atoms with Crippen molar-refractivity contribution < 1.29 is 18.7 Å². The summed E-state index contributed by atoms with van der Waals surface area (Å²) in [5.41, 5.74) is 0.294. The lowest BCUT2D eigenvalue weighted by molar-refractivity contribution is -0.119. The number of rotatable bonds is 4. The van der Waals surface area contributed by atoms with Crippen molar-refractivity contribution in [1.29, 1.82) is 0 Å². The van der Waals surface area contributed by atoms with Crippen molar-refractivity contribution in [3.8, 4) is 0 Å². The van der Waals surface area contributed by atoms with Gasteiger partial charge in [0.1, 0.15) is 5.82 Å². The first-order chi connectivity index (χ1) is 10.9. The van der Waals surface area contributed by atoms with Crippen LogP contribution in [-0.2, 0) is 9.53 Å². The number of anilines is 1. The minimum Gasteiger partial charge on any atom is -0.452 e. The summed E-state index contributed by atoms with van der Waals surface area (Å²) in [5, 5.41) is 3.05. The first kappa shape index (κ1) is 17.5. The maximum atomic E-state index is 12.8. The number of hydrogen-bond donors (Lipinski definition) is 1. The van der Waals surface area contributed by atoms with Crippen LogP contribution in [0.25, 0.3) is 0 Å². The minimum absolute atomic E-state index is 0.127. The molecule has 0 aliphatic heterocycles. The lowest BCUT2D eigenvalue weighted by Crippen LogP contribution is -2.21. The Bertz CT molecular complexity index is 727. The molecule has 2 aromatic rings. The Hall–Kier alpha value is -1.82. The van der Waals surface area contributed by atoms with E-state index in [1.54, 1.807) is 0 Å². The SMILES string of the molecule is O=C(COC(=O)c1ccc(F)cc1)Nc1c(Cl)cc(Cl)cc1Cl. The summed E-state index contributed by atoms with van der Waals surface area (Å²) in [6.07, 6.45) is 0. The van der Waals surface area contributed by atoms with Crippen molar-refractivity contribution in [2.24, 2.45) is 0 Å². The minimum atomic E-state index is -0.756. The van der Waals surface area contributed by atoms with Gasteiger partial charge in [-0.3, -0.25) is 4.79 Å². The number of carbonyl (C=O) groups excluding carboxylic acids is 2. The predicted octanol–water partition coefficient (Wildman–Crippen LogP) is 4.58. The Morgan fingerprint density at radius 2 is 1.61 bits per heavy atom. The van der Waals surface area contributed by atoms with Gasteiger partial charge in [0.25, 0.3) is 5.91 Å². The van der Waals surface area contributed by atoms with Crippen LogP contribution >= 0.6 is 34.8 Å². The van der Waals surface area contributed by atoms with Crippen LogP contribution in [0, 0.1) is 5.82 Å². The fraction of sp³-hybridized carbons (Fsp3) is 0.0667. The maximum absolute atomic E-state index is 12.8. The molecular formula is C15H9Cl3FNO3. The molecule has 120 valence electrons. The van der Waals surface area contributed by atoms with E-state index in [9.17, 15) is 14.0 Å². The Kier molecular flexibility index (Phi) is 5.82. The zero-order valence-corrected chi connectivity index (χ0v) is 13.7.